The molecule has 4 heteroatoms. The summed E-state index contributed by atoms with van der Waals surface area (Å²) in [6.07, 6.45) is 2.56. The lowest BCUT2D eigenvalue weighted by Crippen LogP contribution is -2.27. The van der Waals surface area contributed by atoms with Gasteiger partial charge in [0, 0.05) is 11.4 Å². The summed E-state index contributed by atoms with van der Waals surface area (Å²) in [5.74, 6) is 0.807. The quantitative estimate of drug-likeness (QED) is 0.761. The van der Waals surface area contributed by atoms with Crippen LogP contribution in [0, 0.1) is 0 Å². The third-order valence-corrected chi connectivity index (χ3v) is 2.48. The van der Waals surface area contributed by atoms with E-state index in [0.717, 1.165) is 18.6 Å². The molecule has 3 nitrogen and oxygen atoms in total. The molecule has 0 radical (unpaired) electrons. The van der Waals surface area contributed by atoms with Crippen molar-refractivity contribution in [3.8, 4) is 5.75 Å². The molecule has 1 rings (SSSR count). The van der Waals surface area contributed by atoms with Gasteiger partial charge in [0.15, 0.2) is 0 Å². The van der Waals surface area contributed by atoms with Gasteiger partial charge in [0.2, 0.25) is 5.91 Å². The van der Waals surface area contributed by atoms with Crippen molar-refractivity contribution in [2.24, 2.45) is 0 Å². The summed E-state index contributed by atoms with van der Waals surface area (Å²) < 4.78 is 5.44. The zero-order valence-electron chi connectivity index (χ0n) is 10.0. The molecule has 1 N–H and O–H groups in total. The lowest BCUT2D eigenvalue weighted by molar-refractivity contribution is -0.121. The van der Waals surface area contributed by atoms with Gasteiger partial charge in [-0.25, -0.2) is 0 Å². The summed E-state index contributed by atoms with van der Waals surface area (Å²) >= 11 is 5.82. The van der Waals surface area contributed by atoms with Gasteiger partial charge in [-0.3, -0.25) is 4.79 Å². The van der Waals surface area contributed by atoms with E-state index in [1.807, 2.05) is 12.1 Å². The number of carbonyl (C=O) groups is 1. The highest BCUT2D eigenvalue weighted by atomic mass is 35.5. The normalized spacial score (nSPS) is 10.0. The fourth-order valence-corrected chi connectivity index (χ4v) is 1.52. The lowest BCUT2D eigenvalue weighted by atomic mass is 10.2. The van der Waals surface area contributed by atoms with Gasteiger partial charge < -0.3 is 10.1 Å². The van der Waals surface area contributed by atoms with Crippen LogP contribution in [-0.2, 0) is 4.79 Å². The van der Waals surface area contributed by atoms with Crippen molar-refractivity contribution in [2.45, 2.75) is 26.2 Å². The number of nitrogens with one attached hydrogen (secondary N) is 1. The van der Waals surface area contributed by atoms with Crippen LogP contribution in [-0.4, -0.2) is 19.1 Å². The number of benzene rings is 1. The summed E-state index contributed by atoms with van der Waals surface area (Å²) in [5, 5.41) is 3.45. The van der Waals surface area contributed by atoms with E-state index in [1.165, 1.54) is 0 Å². The first-order chi connectivity index (χ1) is 8.22. The Bertz CT molecular complexity index is 355. The van der Waals surface area contributed by atoms with E-state index >= 15 is 0 Å². The van der Waals surface area contributed by atoms with Crippen LogP contribution in [0.5, 0.6) is 5.75 Å². The molecule has 0 heterocycles. The van der Waals surface area contributed by atoms with Gasteiger partial charge >= 0.3 is 0 Å². The second-order valence-corrected chi connectivity index (χ2v) is 4.20. The minimum Gasteiger partial charge on any atom is -0.492 e. The Kier molecular flexibility index (Phi) is 6.48. The second-order valence-electron chi connectivity index (χ2n) is 3.76. The van der Waals surface area contributed by atoms with Gasteiger partial charge in [0.05, 0.1) is 6.54 Å². The van der Waals surface area contributed by atoms with Crippen molar-refractivity contribution in [1.82, 2.24) is 5.32 Å². The molecule has 0 saturated heterocycles. The van der Waals surface area contributed by atoms with Crippen LogP contribution in [0.3, 0.4) is 0 Å². The van der Waals surface area contributed by atoms with Gasteiger partial charge in [0.25, 0.3) is 0 Å². The maximum absolute atomic E-state index is 11.3. The average molecular weight is 256 g/mol. The highest BCUT2D eigenvalue weighted by molar-refractivity contribution is 6.30. The molecule has 1 amide bonds. The molecule has 0 fully saturated rings. The molecule has 0 aliphatic rings. The molecule has 0 spiro atoms. The Morgan fingerprint density at radius 2 is 2.29 bits per heavy atom. The largest absolute Gasteiger partial charge is 0.492 e. The number of amides is 1. The lowest BCUT2D eigenvalue weighted by Gasteiger charge is -2.07. The van der Waals surface area contributed by atoms with Gasteiger partial charge in [-0.1, -0.05) is 31.0 Å². The molecule has 0 unspecified atom stereocenters. The van der Waals surface area contributed by atoms with Crippen LogP contribution >= 0.6 is 11.6 Å². The summed E-state index contributed by atoms with van der Waals surface area (Å²) in [6, 6.07) is 7.21. The number of rotatable bonds is 7. The standard InChI is InChI=1S/C13H18ClNO2/c1-2-3-7-13(16)15-8-9-17-12-6-4-5-11(14)10-12/h4-6,10H,2-3,7-9H2,1H3,(H,15,16). The number of carbonyl (C=O) groups excluding carboxylic acids is 1. The Hall–Kier alpha value is -1.22. The van der Waals surface area contributed by atoms with E-state index in [1.54, 1.807) is 12.1 Å². The van der Waals surface area contributed by atoms with Crippen molar-refractivity contribution in [3.05, 3.63) is 29.3 Å². The van der Waals surface area contributed by atoms with Crippen LogP contribution in [0.15, 0.2) is 24.3 Å². The van der Waals surface area contributed by atoms with Gasteiger partial charge in [-0.2, -0.15) is 0 Å². The van der Waals surface area contributed by atoms with Crippen LogP contribution in [0.4, 0.5) is 0 Å². The molecule has 0 aromatic heterocycles. The summed E-state index contributed by atoms with van der Waals surface area (Å²) in [5.41, 5.74) is 0. The SMILES string of the molecule is CCCCC(=O)NCCOc1cccc(Cl)c1. The number of ether oxygens (including phenoxy) is 1. The number of hydrogen-bond donors (Lipinski definition) is 1. The zero-order chi connectivity index (χ0) is 12.5. The first-order valence-electron chi connectivity index (χ1n) is 5.87. The van der Waals surface area contributed by atoms with E-state index in [0.29, 0.717) is 24.6 Å². The third-order valence-electron chi connectivity index (χ3n) is 2.25. The van der Waals surface area contributed by atoms with Crippen molar-refractivity contribution in [1.29, 1.82) is 0 Å². The van der Waals surface area contributed by atoms with E-state index in [-0.39, 0.29) is 5.91 Å². The Balaban J connectivity index is 2.14. The molecule has 0 aliphatic heterocycles. The maximum Gasteiger partial charge on any atom is 0.220 e. The first-order valence-corrected chi connectivity index (χ1v) is 6.25. The van der Waals surface area contributed by atoms with Crippen LogP contribution in [0.2, 0.25) is 5.02 Å². The van der Waals surface area contributed by atoms with E-state index in [4.69, 9.17) is 16.3 Å². The smallest absolute Gasteiger partial charge is 0.220 e. The monoisotopic (exact) mass is 255 g/mol. The molecule has 1 aromatic carbocycles. The molecule has 1 aromatic rings. The average Bonchev–Trinajstić information content (AvgIpc) is 2.32. The molecule has 0 saturated carbocycles. The zero-order valence-corrected chi connectivity index (χ0v) is 10.8. The van der Waals surface area contributed by atoms with Crippen molar-refractivity contribution < 1.29 is 9.53 Å². The van der Waals surface area contributed by atoms with Gasteiger partial charge in [0.1, 0.15) is 12.4 Å². The molecule has 0 bridgehead atoms. The molecule has 0 atom stereocenters. The van der Waals surface area contributed by atoms with Gasteiger partial charge in [-0.05, 0) is 24.6 Å². The molecular formula is C13H18ClNO2. The predicted molar refractivity (Wildman–Crippen MR) is 69.5 cm³/mol. The second kappa shape index (κ2) is 7.96. The highest BCUT2D eigenvalue weighted by Gasteiger charge is 1.99. The van der Waals surface area contributed by atoms with Crippen LogP contribution in [0.25, 0.3) is 0 Å². The van der Waals surface area contributed by atoms with Crippen molar-refractivity contribution in [2.75, 3.05) is 13.2 Å². The first kappa shape index (κ1) is 13.8. The Morgan fingerprint density at radius 1 is 1.47 bits per heavy atom. The summed E-state index contributed by atoms with van der Waals surface area (Å²) in [6.45, 7) is 3.04. The number of hydrogen-bond acceptors (Lipinski definition) is 2. The minimum atomic E-state index is 0.0848. The third kappa shape index (κ3) is 6.17. The molecule has 0 aliphatic carbocycles. The van der Waals surface area contributed by atoms with Crippen LogP contribution < -0.4 is 10.1 Å². The number of unbranched alkanes of at least 4 members (excludes halogenated alkanes) is 1. The maximum atomic E-state index is 11.3. The van der Waals surface area contributed by atoms with Gasteiger partial charge in [-0.15, -0.1) is 0 Å². The Morgan fingerprint density at radius 3 is 3.00 bits per heavy atom. The predicted octanol–water partition coefficient (Wildman–Crippen LogP) is 3.03. The van der Waals surface area contributed by atoms with Crippen LogP contribution in [0.1, 0.15) is 26.2 Å². The van der Waals surface area contributed by atoms with Crippen molar-refractivity contribution >= 4 is 17.5 Å². The number of halogens is 1. The highest BCUT2D eigenvalue weighted by Crippen LogP contribution is 2.16. The fraction of sp³-hybridized carbons (Fsp3) is 0.462. The summed E-state index contributed by atoms with van der Waals surface area (Å²) in [4.78, 5) is 11.3. The molecular weight excluding hydrogens is 238 g/mol. The minimum absolute atomic E-state index is 0.0848. The molecule has 17 heavy (non-hydrogen) atoms. The summed E-state index contributed by atoms with van der Waals surface area (Å²) in [7, 11) is 0. The Labute approximate surface area is 107 Å². The van der Waals surface area contributed by atoms with E-state index in [9.17, 15) is 4.79 Å². The fourth-order valence-electron chi connectivity index (χ4n) is 1.34. The van der Waals surface area contributed by atoms with E-state index < -0.39 is 0 Å². The van der Waals surface area contributed by atoms with E-state index in [2.05, 4.69) is 12.2 Å². The molecule has 94 valence electrons. The van der Waals surface area contributed by atoms with Crippen molar-refractivity contribution in [3.63, 3.8) is 0 Å². The topological polar surface area (TPSA) is 38.3 Å².